The predicted molar refractivity (Wildman–Crippen MR) is 69.2 cm³/mol. The smallest absolute Gasteiger partial charge is 0.150 e. The molecule has 0 bridgehead atoms. The zero-order valence-electron chi connectivity index (χ0n) is 10.6. The average Bonchev–Trinajstić information content (AvgIpc) is 2.67. The minimum absolute atomic E-state index is 0.304. The molecule has 1 heterocycles. The summed E-state index contributed by atoms with van der Waals surface area (Å²) in [6.07, 6.45) is 3.81. The molecule has 0 saturated carbocycles. The van der Waals surface area contributed by atoms with Crippen LogP contribution in [0.2, 0.25) is 0 Å². The van der Waals surface area contributed by atoms with Gasteiger partial charge in [-0.15, -0.1) is 0 Å². The van der Waals surface area contributed by atoms with E-state index in [-0.39, 0.29) is 0 Å². The number of hydrogen-bond acceptors (Lipinski definition) is 2. The van der Waals surface area contributed by atoms with E-state index in [0.29, 0.717) is 11.0 Å². The maximum Gasteiger partial charge on any atom is 0.150 e. The summed E-state index contributed by atoms with van der Waals surface area (Å²) >= 11 is 0. The number of aromatic nitrogens is 2. The lowest BCUT2D eigenvalue weighted by molar-refractivity contribution is 0.112. The van der Waals surface area contributed by atoms with Crippen molar-refractivity contribution in [3.63, 3.8) is 0 Å². The molecule has 1 aromatic heterocycles. The fraction of sp³-hybridized carbons (Fsp3) is 0.429. The summed E-state index contributed by atoms with van der Waals surface area (Å²) < 4.78 is 2.12. The molecule has 0 atom stereocenters. The lowest BCUT2D eigenvalue weighted by atomic mass is 9.92. The number of rotatable bonds is 3. The first kappa shape index (κ1) is 11.8. The molecule has 0 spiro atoms. The molecule has 2 rings (SSSR count). The molecule has 2 aromatic rings. The number of aldehydes is 1. The molecule has 0 N–H and O–H groups in total. The Balaban J connectivity index is 2.31. The van der Waals surface area contributed by atoms with Crippen LogP contribution in [0.15, 0.2) is 24.5 Å². The van der Waals surface area contributed by atoms with Gasteiger partial charge in [0.25, 0.3) is 0 Å². The van der Waals surface area contributed by atoms with E-state index in [2.05, 4.69) is 30.3 Å². The number of nitrogens with zero attached hydrogens (tertiary/aromatic N) is 2. The Labute approximate surface area is 101 Å². The van der Waals surface area contributed by atoms with Gasteiger partial charge >= 0.3 is 0 Å². The van der Waals surface area contributed by atoms with E-state index in [4.69, 9.17) is 0 Å². The first-order chi connectivity index (χ1) is 7.99. The highest BCUT2D eigenvalue weighted by Gasteiger charge is 2.11. The summed E-state index contributed by atoms with van der Waals surface area (Å²) in [6, 6.07) is 5.60. The number of carbonyl (C=O) groups excluding carboxylic acids is 1. The molecule has 0 amide bonds. The van der Waals surface area contributed by atoms with Crippen LogP contribution in [0.4, 0.5) is 0 Å². The van der Waals surface area contributed by atoms with Crippen molar-refractivity contribution in [1.82, 2.24) is 9.55 Å². The van der Waals surface area contributed by atoms with Crippen LogP contribution in [-0.2, 0) is 6.54 Å². The van der Waals surface area contributed by atoms with Crippen LogP contribution < -0.4 is 0 Å². The van der Waals surface area contributed by atoms with Crippen LogP contribution in [0.3, 0.4) is 0 Å². The van der Waals surface area contributed by atoms with Crippen LogP contribution in [-0.4, -0.2) is 15.8 Å². The minimum Gasteiger partial charge on any atom is -0.331 e. The van der Waals surface area contributed by atoms with E-state index in [9.17, 15) is 4.79 Å². The Morgan fingerprint density at radius 1 is 1.35 bits per heavy atom. The van der Waals surface area contributed by atoms with E-state index < -0.39 is 0 Å². The maximum absolute atomic E-state index is 10.8. The van der Waals surface area contributed by atoms with E-state index in [1.165, 1.54) is 0 Å². The zero-order chi connectivity index (χ0) is 12.5. The first-order valence-corrected chi connectivity index (χ1v) is 5.90. The molecule has 0 saturated heterocycles. The Morgan fingerprint density at radius 3 is 2.76 bits per heavy atom. The van der Waals surface area contributed by atoms with Crippen molar-refractivity contribution in [2.24, 2.45) is 5.41 Å². The van der Waals surface area contributed by atoms with Gasteiger partial charge in [0.15, 0.2) is 0 Å². The quantitative estimate of drug-likeness (QED) is 0.758. The molecular formula is C14H18N2O. The number of imidazole rings is 1. The lowest BCUT2D eigenvalue weighted by Gasteiger charge is -2.18. The Morgan fingerprint density at radius 2 is 2.12 bits per heavy atom. The molecule has 0 aliphatic carbocycles. The molecule has 3 heteroatoms. The molecule has 17 heavy (non-hydrogen) atoms. The second-order valence-corrected chi connectivity index (χ2v) is 5.61. The predicted octanol–water partition coefficient (Wildman–Crippen LogP) is 3.29. The zero-order valence-corrected chi connectivity index (χ0v) is 10.6. The molecular weight excluding hydrogens is 212 g/mol. The standard InChI is InChI=1S/C14H18N2O/c1-14(2,3)6-7-16-10-15-12-5-4-11(9-17)8-13(12)16/h4-5,8-10H,6-7H2,1-3H3. The molecule has 0 unspecified atom stereocenters. The maximum atomic E-state index is 10.8. The third-order valence-corrected chi connectivity index (χ3v) is 2.88. The fourth-order valence-electron chi connectivity index (χ4n) is 1.78. The number of hydrogen-bond donors (Lipinski definition) is 0. The molecule has 0 aliphatic heterocycles. The van der Waals surface area contributed by atoms with Crippen molar-refractivity contribution in [2.75, 3.05) is 0 Å². The van der Waals surface area contributed by atoms with Crippen molar-refractivity contribution >= 4 is 17.3 Å². The van der Waals surface area contributed by atoms with Crippen LogP contribution >= 0.6 is 0 Å². The molecule has 3 nitrogen and oxygen atoms in total. The summed E-state index contributed by atoms with van der Waals surface area (Å²) in [5.74, 6) is 0. The molecule has 0 fully saturated rings. The van der Waals surface area contributed by atoms with Gasteiger partial charge in [0.1, 0.15) is 6.29 Å². The van der Waals surface area contributed by atoms with Crippen LogP contribution in [0.1, 0.15) is 37.6 Å². The monoisotopic (exact) mass is 230 g/mol. The van der Waals surface area contributed by atoms with Crippen LogP contribution in [0, 0.1) is 5.41 Å². The van der Waals surface area contributed by atoms with Gasteiger partial charge in [-0.05, 0) is 30.0 Å². The summed E-state index contributed by atoms with van der Waals surface area (Å²) in [4.78, 5) is 15.1. The van der Waals surface area contributed by atoms with Crippen LogP contribution in [0.25, 0.3) is 11.0 Å². The fourth-order valence-corrected chi connectivity index (χ4v) is 1.78. The number of fused-ring (bicyclic) bond motifs is 1. The Hall–Kier alpha value is -1.64. The SMILES string of the molecule is CC(C)(C)CCn1cnc2ccc(C=O)cc21. The average molecular weight is 230 g/mol. The highest BCUT2D eigenvalue weighted by atomic mass is 16.1. The second kappa shape index (κ2) is 4.32. The van der Waals surface area contributed by atoms with Crippen LogP contribution in [0.5, 0.6) is 0 Å². The third-order valence-electron chi connectivity index (χ3n) is 2.88. The van der Waals surface area contributed by atoms with Gasteiger partial charge in [0.05, 0.1) is 17.4 Å². The molecule has 0 aliphatic rings. The Bertz CT molecular complexity index is 535. The van der Waals surface area contributed by atoms with Gasteiger partial charge in [-0.2, -0.15) is 0 Å². The van der Waals surface area contributed by atoms with E-state index >= 15 is 0 Å². The second-order valence-electron chi connectivity index (χ2n) is 5.61. The molecule has 1 aromatic carbocycles. The van der Waals surface area contributed by atoms with E-state index in [0.717, 1.165) is 30.3 Å². The Kier molecular flexibility index (Phi) is 3.01. The van der Waals surface area contributed by atoms with E-state index in [1.807, 2.05) is 18.5 Å². The van der Waals surface area contributed by atoms with Gasteiger partial charge in [0.2, 0.25) is 0 Å². The summed E-state index contributed by atoms with van der Waals surface area (Å²) in [7, 11) is 0. The highest BCUT2D eigenvalue weighted by Crippen LogP contribution is 2.21. The van der Waals surface area contributed by atoms with Crippen molar-refractivity contribution in [1.29, 1.82) is 0 Å². The van der Waals surface area contributed by atoms with Gasteiger partial charge in [-0.25, -0.2) is 4.98 Å². The lowest BCUT2D eigenvalue weighted by Crippen LogP contribution is -2.09. The third kappa shape index (κ3) is 2.73. The largest absolute Gasteiger partial charge is 0.331 e. The molecule has 90 valence electrons. The van der Waals surface area contributed by atoms with Crippen molar-refractivity contribution in [2.45, 2.75) is 33.7 Å². The van der Waals surface area contributed by atoms with Gasteiger partial charge in [-0.3, -0.25) is 4.79 Å². The van der Waals surface area contributed by atoms with Crippen molar-refractivity contribution < 1.29 is 4.79 Å². The summed E-state index contributed by atoms with van der Waals surface area (Å²) in [5.41, 5.74) is 3.00. The first-order valence-electron chi connectivity index (χ1n) is 5.90. The van der Waals surface area contributed by atoms with Crippen molar-refractivity contribution in [3.8, 4) is 0 Å². The normalized spacial score (nSPS) is 11.9. The number of carbonyl (C=O) groups is 1. The van der Waals surface area contributed by atoms with Gasteiger partial charge < -0.3 is 4.57 Å². The van der Waals surface area contributed by atoms with Gasteiger partial charge in [-0.1, -0.05) is 20.8 Å². The topological polar surface area (TPSA) is 34.9 Å². The minimum atomic E-state index is 0.304. The van der Waals surface area contributed by atoms with Crippen molar-refractivity contribution in [3.05, 3.63) is 30.1 Å². The summed E-state index contributed by atoms with van der Waals surface area (Å²) in [6.45, 7) is 7.61. The highest BCUT2D eigenvalue weighted by molar-refractivity contribution is 5.84. The number of benzene rings is 1. The summed E-state index contributed by atoms with van der Waals surface area (Å²) in [5, 5.41) is 0. The number of aryl methyl sites for hydroxylation is 1. The van der Waals surface area contributed by atoms with E-state index in [1.54, 1.807) is 6.07 Å². The van der Waals surface area contributed by atoms with Gasteiger partial charge in [0, 0.05) is 12.1 Å². The molecule has 0 radical (unpaired) electrons.